The molecule has 230 valence electrons. The third-order valence-corrected chi connectivity index (χ3v) is 7.34. The summed E-state index contributed by atoms with van der Waals surface area (Å²) in [4.78, 5) is 31.4. The molecule has 0 bridgehead atoms. The van der Waals surface area contributed by atoms with Gasteiger partial charge in [-0.1, -0.05) is 12.2 Å². The molecule has 2 aromatic carbocycles. The maximum Gasteiger partial charge on any atom is 0.410 e. The molecule has 2 heterocycles. The quantitative estimate of drug-likeness (QED) is 0.300. The molecule has 8 nitrogen and oxygen atoms in total. The highest BCUT2D eigenvalue weighted by Crippen LogP contribution is 2.31. The third kappa shape index (κ3) is 8.73. The summed E-state index contributed by atoms with van der Waals surface area (Å²) in [5.74, 6) is -0.963. The van der Waals surface area contributed by atoms with Gasteiger partial charge in [-0.3, -0.25) is 14.7 Å². The van der Waals surface area contributed by atoms with Crippen LogP contribution in [0.1, 0.15) is 57.6 Å². The van der Waals surface area contributed by atoms with Gasteiger partial charge in [-0.2, -0.15) is 0 Å². The Morgan fingerprint density at radius 3 is 2.65 bits per heavy atom. The number of methoxy groups -OCH3 is 1. The molecule has 4 rings (SSSR count). The van der Waals surface area contributed by atoms with Gasteiger partial charge >= 0.3 is 6.09 Å². The fraction of sp³-hybridized carbons (Fsp3) is 0.424. The Morgan fingerprint density at radius 1 is 1.14 bits per heavy atom. The van der Waals surface area contributed by atoms with Crippen molar-refractivity contribution in [1.29, 1.82) is 0 Å². The zero-order valence-electron chi connectivity index (χ0n) is 25.0. The topological polar surface area (TPSA) is 104 Å². The van der Waals surface area contributed by atoms with Crippen LogP contribution in [-0.4, -0.2) is 59.4 Å². The van der Waals surface area contributed by atoms with Crippen LogP contribution in [0.25, 0.3) is 17.0 Å². The van der Waals surface area contributed by atoms with Crippen LogP contribution in [-0.2, 0) is 20.7 Å². The zero-order chi connectivity index (χ0) is 31.1. The number of nitrogens with two attached hydrogens (primary N) is 1. The predicted molar refractivity (Wildman–Crippen MR) is 160 cm³/mol. The largest absolute Gasteiger partial charge is 0.497 e. The van der Waals surface area contributed by atoms with Crippen molar-refractivity contribution in [2.75, 3.05) is 13.7 Å². The molecule has 0 radical (unpaired) electrons. The first-order chi connectivity index (χ1) is 20.4. The van der Waals surface area contributed by atoms with Crippen LogP contribution >= 0.6 is 0 Å². The summed E-state index contributed by atoms with van der Waals surface area (Å²) in [7, 11) is 1.62. The van der Waals surface area contributed by atoms with Gasteiger partial charge in [-0.25, -0.2) is 13.6 Å². The molecule has 2 amide bonds. The molecule has 1 saturated heterocycles. The van der Waals surface area contributed by atoms with E-state index in [1.165, 1.54) is 11.0 Å². The highest BCUT2D eigenvalue weighted by atomic mass is 19.1. The number of carbonyl (C=O) groups is 2. The van der Waals surface area contributed by atoms with Crippen LogP contribution in [0.4, 0.5) is 13.6 Å². The molecule has 1 aliphatic rings. The summed E-state index contributed by atoms with van der Waals surface area (Å²) in [5.41, 5.74) is 6.86. The first kappa shape index (κ1) is 31.9. The van der Waals surface area contributed by atoms with Crippen LogP contribution in [0.3, 0.4) is 0 Å². The molecule has 2 N–H and O–H groups in total. The smallest absolute Gasteiger partial charge is 0.410 e. The van der Waals surface area contributed by atoms with Gasteiger partial charge in [0.2, 0.25) is 5.91 Å². The summed E-state index contributed by atoms with van der Waals surface area (Å²) in [5, 5.41) is 1.00. The number of carbonyl (C=O) groups excluding carboxylic acids is 2. The van der Waals surface area contributed by atoms with Crippen LogP contribution in [0.5, 0.6) is 5.75 Å². The van der Waals surface area contributed by atoms with Gasteiger partial charge in [0.1, 0.15) is 23.0 Å². The lowest BCUT2D eigenvalue weighted by Crippen LogP contribution is -2.54. The van der Waals surface area contributed by atoms with Crippen molar-refractivity contribution >= 4 is 29.0 Å². The lowest BCUT2D eigenvalue weighted by atomic mass is 9.92. The number of benzene rings is 2. The molecule has 0 saturated carbocycles. The highest BCUT2D eigenvalue weighted by molar-refractivity contribution is 5.83. The number of fused-ring (bicyclic) bond motifs is 1. The number of amides is 2. The van der Waals surface area contributed by atoms with E-state index in [2.05, 4.69) is 4.98 Å². The number of halogens is 2. The average molecular weight is 596 g/mol. The van der Waals surface area contributed by atoms with Crippen LogP contribution < -0.4 is 10.5 Å². The number of pyridine rings is 1. The van der Waals surface area contributed by atoms with Gasteiger partial charge in [-0.05, 0) is 94.5 Å². The van der Waals surface area contributed by atoms with Crippen molar-refractivity contribution in [2.45, 2.75) is 76.7 Å². The maximum atomic E-state index is 14.2. The van der Waals surface area contributed by atoms with E-state index in [1.807, 2.05) is 24.3 Å². The highest BCUT2D eigenvalue weighted by Gasteiger charge is 2.39. The lowest BCUT2D eigenvalue weighted by molar-refractivity contribution is -0.131. The van der Waals surface area contributed by atoms with Crippen molar-refractivity contribution in [3.63, 3.8) is 0 Å². The second kappa shape index (κ2) is 13.9. The molecule has 0 aliphatic carbocycles. The number of hydrogen-bond acceptors (Lipinski definition) is 6. The normalized spacial score (nSPS) is 19.0. The molecule has 10 heteroatoms. The van der Waals surface area contributed by atoms with Crippen LogP contribution in [0, 0.1) is 11.6 Å². The SMILES string of the molecule is COc1ccc2nccc(CC[C@@H]3CC[C@@H](N(C/C=C/c4cc(F)ccc4F)C(=O)OC(C)(C)C)[C@@H](CC(N)=O)O3)c2c1. The van der Waals surface area contributed by atoms with Crippen molar-refractivity contribution in [2.24, 2.45) is 5.73 Å². The minimum Gasteiger partial charge on any atom is -0.497 e. The van der Waals surface area contributed by atoms with Gasteiger partial charge in [0.05, 0.1) is 37.3 Å². The van der Waals surface area contributed by atoms with E-state index < -0.39 is 41.4 Å². The average Bonchev–Trinajstić information content (AvgIpc) is 2.94. The molecular formula is C33H39F2N3O5. The van der Waals surface area contributed by atoms with Gasteiger partial charge in [0, 0.05) is 23.7 Å². The Labute approximate surface area is 250 Å². The first-order valence-corrected chi connectivity index (χ1v) is 14.4. The second-order valence-corrected chi connectivity index (χ2v) is 11.7. The van der Waals surface area contributed by atoms with E-state index in [9.17, 15) is 18.4 Å². The van der Waals surface area contributed by atoms with Crippen LogP contribution in [0.15, 0.2) is 54.7 Å². The molecule has 43 heavy (non-hydrogen) atoms. The zero-order valence-corrected chi connectivity index (χ0v) is 25.0. The summed E-state index contributed by atoms with van der Waals surface area (Å²) >= 11 is 0. The van der Waals surface area contributed by atoms with E-state index in [4.69, 9.17) is 19.9 Å². The van der Waals surface area contributed by atoms with Crippen molar-refractivity contribution in [3.05, 3.63) is 77.5 Å². The fourth-order valence-electron chi connectivity index (χ4n) is 5.34. The number of nitrogens with zero attached hydrogens (tertiary/aromatic N) is 2. The molecule has 0 unspecified atom stereocenters. The number of aryl methyl sites for hydroxylation is 1. The first-order valence-electron chi connectivity index (χ1n) is 14.4. The predicted octanol–water partition coefficient (Wildman–Crippen LogP) is 6.20. The van der Waals surface area contributed by atoms with Crippen LogP contribution in [0.2, 0.25) is 0 Å². The standard InChI is InChI=1S/C33H39F2N3O5/c1-33(2,3)43-32(40)38(17-5-6-22-18-23(34)8-12-27(22)35)29-14-11-24(42-30(29)20-31(36)39)9-7-21-15-16-37-28-13-10-25(41-4)19-26(21)28/h5-6,8,10,12-13,15-16,18-19,24,29-30H,7,9,11,14,17,20H2,1-4H3,(H2,36,39)/b6-5+/t24-,29-,30-/m1/s1. The van der Waals surface area contributed by atoms with Crippen molar-refractivity contribution in [1.82, 2.24) is 9.88 Å². The van der Waals surface area contributed by atoms with E-state index in [-0.39, 0.29) is 24.6 Å². The summed E-state index contributed by atoms with van der Waals surface area (Å²) < 4.78 is 45.4. The lowest BCUT2D eigenvalue weighted by Gasteiger charge is -2.42. The minimum atomic E-state index is -0.777. The fourth-order valence-corrected chi connectivity index (χ4v) is 5.34. The summed E-state index contributed by atoms with van der Waals surface area (Å²) in [6, 6.07) is 10.4. The van der Waals surface area contributed by atoms with E-state index >= 15 is 0 Å². The summed E-state index contributed by atoms with van der Waals surface area (Å²) in [6.07, 6.45) is 5.80. The Bertz CT molecular complexity index is 1470. The minimum absolute atomic E-state index is 0.0314. The van der Waals surface area contributed by atoms with E-state index in [0.29, 0.717) is 25.7 Å². The number of primary amides is 1. The maximum absolute atomic E-state index is 14.2. The van der Waals surface area contributed by atoms with Gasteiger partial charge < -0.3 is 19.9 Å². The summed E-state index contributed by atoms with van der Waals surface area (Å²) in [6.45, 7) is 5.30. The number of rotatable bonds is 10. The van der Waals surface area contributed by atoms with E-state index in [0.717, 1.165) is 40.4 Å². The Morgan fingerprint density at radius 2 is 1.93 bits per heavy atom. The molecule has 3 atom stereocenters. The second-order valence-electron chi connectivity index (χ2n) is 11.7. The van der Waals surface area contributed by atoms with Gasteiger partial charge in [0.15, 0.2) is 0 Å². The number of hydrogen-bond donors (Lipinski definition) is 1. The third-order valence-electron chi connectivity index (χ3n) is 7.34. The van der Waals surface area contributed by atoms with Crippen molar-refractivity contribution < 1.29 is 32.6 Å². The molecule has 1 aromatic heterocycles. The number of aromatic nitrogens is 1. The molecule has 3 aromatic rings. The van der Waals surface area contributed by atoms with E-state index in [1.54, 1.807) is 40.2 Å². The van der Waals surface area contributed by atoms with Gasteiger partial charge in [0.25, 0.3) is 0 Å². The van der Waals surface area contributed by atoms with Crippen molar-refractivity contribution in [3.8, 4) is 5.75 Å². The Kier molecular flexibility index (Phi) is 10.3. The monoisotopic (exact) mass is 595 g/mol. The molecule has 1 aliphatic heterocycles. The molecular weight excluding hydrogens is 556 g/mol. The van der Waals surface area contributed by atoms with Gasteiger partial charge in [-0.15, -0.1) is 0 Å². The Hall–Kier alpha value is -4.05. The molecule has 1 fully saturated rings. The number of ether oxygens (including phenoxy) is 3. The molecule has 0 spiro atoms. The Balaban J connectivity index is 1.52.